The number of oxazole rings is 1. The van der Waals surface area contributed by atoms with Gasteiger partial charge in [-0.15, -0.1) is 0 Å². The van der Waals surface area contributed by atoms with Crippen molar-refractivity contribution in [2.45, 2.75) is 26.6 Å². The molecular formula is C10H10F3N3O. The monoisotopic (exact) mass is 245 g/mol. The number of hydrogen-bond acceptors (Lipinski definition) is 3. The molecule has 0 radical (unpaired) electrons. The van der Waals surface area contributed by atoms with Gasteiger partial charge in [0, 0.05) is 6.20 Å². The van der Waals surface area contributed by atoms with E-state index in [0.717, 1.165) is 16.4 Å². The molecule has 0 bridgehead atoms. The number of aryl methyl sites for hydroxylation is 2. The van der Waals surface area contributed by atoms with E-state index in [1.54, 1.807) is 13.8 Å². The second-order valence-electron chi connectivity index (χ2n) is 3.65. The molecule has 0 saturated heterocycles. The van der Waals surface area contributed by atoms with Crippen LogP contribution in [-0.4, -0.2) is 14.8 Å². The molecule has 7 heteroatoms. The van der Waals surface area contributed by atoms with Gasteiger partial charge in [-0.3, -0.25) is 4.68 Å². The zero-order chi connectivity index (χ0) is 12.6. The van der Waals surface area contributed by atoms with Crippen molar-refractivity contribution in [1.82, 2.24) is 14.8 Å². The lowest BCUT2D eigenvalue weighted by Gasteiger charge is -2.00. The van der Waals surface area contributed by atoms with E-state index in [4.69, 9.17) is 4.42 Å². The van der Waals surface area contributed by atoms with Gasteiger partial charge in [0.05, 0.1) is 5.69 Å². The first kappa shape index (κ1) is 11.7. The maximum Gasteiger partial charge on any atom is 0.435 e. The summed E-state index contributed by atoms with van der Waals surface area (Å²) in [6.45, 7) is 3.60. The number of rotatable bonds is 2. The Bertz CT molecular complexity index is 508. The molecule has 0 atom stereocenters. The summed E-state index contributed by atoms with van der Waals surface area (Å²) in [5.41, 5.74) is -0.194. The first-order chi connectivity index (χ1) is 7.86. The average molecular weight is 245 g/mol. The van der Waals surface area contributed by atoms with Crippen LogP contribution in [0.4, 0.5) is 13.2 Å². The van der Waals surface area contributed by atoms with E-state index < -0.39 is 11.9 Å². The lowest BCUT2D eigenvalue weighted by molar-refractivity contribution is -0.141. The van der Waals surface area contributed by atoms with Crippen LogP contribution in [0.3, 0.4) is 0 Å². The van der Waals surface area contributed by atoms with Crippen LogP contribution in [0.5, 0.6) is 0 Å². The van der Waals surface area contributed by atoms with Crippen molar-refractivity contribution in [2.75, 3.05) is 0 Å². The standard InChI is InChI=1S/C10H10F3N3O/c1-6-7(2)17-9(14-6)5-16-4-3-8(15-16)10(11,12)13/h3-4H,5H2,1-2H3. The highest BCUT2D eigenvalue weighted by atomic mass is 19.4. The van der Waals surface area contributed by atoms with Gasteiger partial charge in [0.15, 0.2) is 5.69 Å². The van der Waals surface area contributed by atoms with Gasteiger partial charge in [-0.05, 0) is 19.9 Å². The maximum atomic E-state index is 12.3. The van der Waals surface area contributed by atoms with Crippen molar-refractivity contribution in [3.8, 4) is 0 Å². The fraction of sp³-hybridized carbons (Fsp3) is 0.400. The van der Waals surface area contributed by atoms with E-state index in [-0.39, 0.29) is 6.54 Å². The van der Waals surface area contributed by atoms with Gasteiger partial charge in [0.2, 0.25) is 5.89 Å². The highest BCUT2D eigenvalue weighted by Crippen LogP contribution is 2.27. The Morgan fingerprint density at radius 2 is 2.06 bits per heavy atom. The molecule has 2 heterocycles. The van der Waals surface area contributed by atoms with Crippen molar-refractivity contribution >= 4 is 0 Å². The van der Waals surface area contributed by atoms with E-state index in [2.05, 4.69) is 10.1 Å². The third-order valence-corrected chi connectivity index (χ3v) is 2.30. The molecule has 4 nitrogen and oxygen atoms in total. The topological polar surface area (TPSA) is 43.9 Å². The number of halogens is 3. The van der Waals surface area contributed by atoms with Gasteiger partial charge in [-0.2, -0.15) is 18.3 Å². The molecule has 0 amide bonds. The Hall–Kier alpha value is -1.79. The van der Waals surface area contributed by atoms with E-state index >= 15 is 0 Å². The summed E-state index contributed by atoms with van der Waals surface area (Å²) >= 11 is 0. The van der Waals surface area contributed by atoms with Crippen molar-refractivity contribution < 1.29 is 17.6 Å². The van der Waals surface area contributed by atoms with Crippen LogP contribution in [0.15, 0.2) is 16.7 Å². The van der Waals surface area contributed by atoms with Crippen molar-refractivity contribution in [1.29, 1.82) is 0 Å². The molecule has 0 saturated carbocycles. The third kappa shape index (κ3) is 2.48. The molecule has 0 spiro atoms. The zero-order valence-electron chi connectivity index (χ0n) is 9.25. The predicted octanol–water partition coefficient (Wildman–Crippen LogP) is 2.56. The van der Waals surface area contributed by atoms with Gasteiger partial charge in [0.25, 0.3) is 0 Å². The Morgan fingerprint density at radius 1 is 1.35 bits per heavy atom. The predicted molar refractivity (Wildman–Crippen MR) is 52.3 cm³/mol. The highest BCUT2D eigenvalue weighted by molar-refractivity contribution is 5.07. The minimum atomic E-state index is -4.42. The summed E-state index contributed by atoms with van der Waals surface area (Å²) in [4.78, 5) is 4.07. The Kier molecular flexibility index (Phi) is 2.68. The molecule has 0 aromatic carbocycles. The first-order valence-electron chi connectivity index (χ1n) is 4.90. The van der Waals surface area contributed by atoms with E-state index in [0.29, 0.717) is 11.7 Å². The Labute approximate surface area is 95.1 Å². The fourth-order valence-corrected chi connectivity index (χ4v) is 1.35. The van der Waals surface area contributed by atoms with Crippen LogP contribution >= 0.6 is 0 Å². The molecule has 17 heavy (non-hydrogen) atoms. The second-order valence-corrected chi connectivity index (χ2v) is 3.65. The van der Waals surface area contributed by atoms with Crippen molar-refractivity contribution in [3.63, 3.8) is 0 Å². The zero-order valence-corrected chi connectivity index (χ0v) is 9.25. The smallest absolute Gasteiger partial charge is 0.435 e. The molecule has 0 aliphatic heterocycles. The fourth-order valence-electron chi connectivity index (χ4n) is 1.35. The normalized spacial score (nSPS) is 12.1. The third-order valence-electron chi connectivity index (χ3n) is 2.30. The van der Waals surface area contributed by atoms with Gasteiger partial charge in [0.1, 0.15) is 12.3 Å². The van der Waals surface area contributed by atoms with E-state index in [1.165, 1.54) is 6.20 Å². The SMILES string of the molecule is Cc1nc(Cn2ccc(C(F)(F)F)n2)oc1C. The molecule has 2 rings (SSSR count). The van der Waals surface area contributed by atoms with Gasteiger partial charge in [-0.1, -0.05) is 0 Å². The lowest BCUT2D eigenvalue weighted by atomic mass is 10.4. The highest BCUT2D eigenvalue weighted by Gasteiger charge is 2.33. The largest absolute Gasteiger partial charge is 0.444 e. The number of nitrogens with zero attached hydrogens (tertiary/aromatic N) is 3. The Balaban J connectivity index is 2.17. The summed E-state index contributed by atoms with van der Waals surface area (Å²) in [5.74, 6) is 1.00. The van der Waals surface area contributed by atoms with Crippen molar-refractivity contribution in [3.05, 3.63) is 35.3 Å². The van der Waals surface area contributed by atoms with Crippen LogP contribution < -0.4 is 0 Å². The van der Waals surface area contributed by atoms with Gasteiger partial charge < -0.3 is 4.42 Å². The van der Waals surface area contributed by atoms with Gasteiger partial charge in [-0.25, -0.2) is 4.98 Å². The molecule has 0 aliphatic rings. The van der Waals surface area contributed by atoms with E-state index in [1.807, 2.05) is 0 Å². The lowest BCUT2D eigenvalue weighted by Crippen LogP contribution is -2.08. The molecule has 2 aromatic rings. The molecule has 0 aliphatic carbocycles. The molecule has 0 fully saturated rings. The average Bonchev–Trinajstić information content (AvgIpc) is 2.75. The number of alkyl halides is 3. The Morgan fingerprint density at radius 3 is 2.53 bits per heavy atom. The van der Waals surface area contributed by atoms with Gasteiger partial charge >= 0.3 is 6.18 Å². The summed E-state index contributed by atoms with van der Waals surface area (Å²) < 4.78 is 43.3. The van der Waals surface area contributed by atoms with Crippen LogP contribution in [0.2, 0.25) is 0 Å². The molecule has 2 aromatic heterocycles. The minimum Gasteiger partial charge on any atom is -0.444 e. The van der Waals surface area contributed by atoms with Crippen LogP contribution in [0.25, 0.3) is 0 Å². The van der Waals surface area contributed by atoms with Crippen molar-refractivity contribution in [2.24, 2.45) is 0 Å². The van der Waals surface area contributed by atoms with Crippen LogP contribution in [-0.2, 0) is 12.7 Å². The van der Waals surface area contributed by atoms with E-state index in [9.17, 15) is 13.2 Å². The molecule has 0 unspecified atom stereocenters. The summed E-state index contributed by atoms with van der Waals surface area (Å²) in [6.07, 6.45) is -3.18. The maximum absolute atomic E-state index is 12.3. The molecule has 92 valence electrons. The molecular weight excluding hydrogens is 235 g/mol. The summed E-state index contributed by atoms with van der Waals surface area (Å²) in [5, 5.41) is 3.41. The first-order valence-corrected chi connectivity index (χ1v) is 4.90. The van der Waals surface area contributed by atoms with Crippen LogP contribution in [0, 0.1) is 13.8 Å². The summed E-state index contributed by atoms with van der Waals surface area (Å²) in [6, 6.07) is 0.919. The molecule has 0 N–H and O–H groups in total. The second kappa shape index (κ2) is 3.90. The number of aromatic nitrogens is 3. The quantitative estimate of drug-likeness (QED) is 0.816. The number of hydrogen-bond donors (Lipinski definition) is 0. The minimum absolute atomic E-state index is 0.0881. The van der Waals surface area contributed by atoms with Crippen LogP contribution in [0.1, 0.15) is 23.0 Å². The summed E-state index contributed by atoms with van der Waals surface area (Å²) in [7, 11) is 0.